The van der Waals surface area contributed by atoms with E-state index in [1.54, 1.807) is 28.4 Å². The van der Waals surface area contributed by atoms with Crippen LogP contribution in [0.1, 0.15) is 23.6 Å². The number of hydrogen-bond donors (Lipinski definition) is 1. The molecule has 1 atom stereocenters. The van der Waals surface area contributed by atoms with Crippen LogP contribution in [0.3, 0.4) is 0 Å². The lowest BCUT2D eigenvalue weighted by Gasteiger charge is -2.22. The van der Waals surface area contributed by atoms with E-state index in [1.165, 1.54) is 5.01 Å². The second-order valence-corrected chi connectivity index (χ2v) is 8.05. The van der Waals surface area contributed by atoms with Gasteiger partial charge in [0.25, 0.3) is 0 Å². The molecule has 0 saturated heterocycles. The molecule has 1 N–H and O–H groups in total. The number of hydrogen-bond acceptors (Lipinski definition) is 5. The normalized spacial score (nSPS) is 15.0. The molecule has 3 aromatic carbocycles. The lowest BCUT2D eigenvalue weighted by molar-refractivity contribution is 0.184. The van der Waals surface area contributed by atoms with Gasteiger partial charge in [0.05, 0.1) is 27.4 Å². The first-order valence-electron chi connectivity index (χ1n) is 11.1. The van der Waals surface area contributed by atoms with Gasteiger partial charge >= 0.3 is 6.03 Å². The van der Waals surface area contributed by atoms with Crippen molar-refractivity contribution in [2.45, 2.75) is 19.4 Å². The number of fused-ring (bicyclic) bond motifs is 1. The third kappa shape index (κ3) is 4.29. The summed E-state index contributed by atoms with van der Waals surface area (Å²) < 4.78 is 16.9. The predicted octanol–water partition coefficient (Wildman–Crippen LogP) is 4.72. The molecule has 0 aliphatic carbocycles. The summed E-state index contributed by atoms with van der Waals surface area (Å²) in [5, 5.41) is 9.02. The summed E-state index contributed by atoms with van der Waals surface area (Å²) in [5.74, 6) is 1.88. The van der Waals surface area contributed by atoms with Crippen molar-refractivity contribution in [3.8, 4) is 28.4 Å². The van der Waals surface area contributed by atoms with Crippen LogP contribution in [-0.4, -0.2) is 51.2 Å². The lowest BCUT2D eigenvalue weighted by Crippen LogP contribution is -2.41. The predicted molar refractivity (Wildman–Crippen MR) is 133 cm³/mol. The van der Waals surface area contributed by atoms with Crippen molar-refractivity contribution in [3.05, 3.63) is 77.4 Å². The molecule has 2 amide bonds. The topological polar surface area (TPSA) is 72.4 Å². The number of nitrogens with one attached hydrogen (secondary N) is 1. The summed E-state index contributed by atoms with van der Waals surface area (Å²) >= 11 is 0. The van der Waals surface area contributed by atoms with Gasteiger partial charge in [0.15, 0.2) is 11.5 Å². The van der Waals surface area contributed by atoms with E-state index in [-0.39, 0.29) is 12.1 Å². The summed E-state index contributed by atoms with van der Waals surface area (Å²) in [4.78, 5) is 12.7. The quantitative estimate of drug-likeness (QED) is 0.599. The molecule has 4 rings (SSSR count). The van der Waals surface area contributed by atoms with Crippen LogP contribution in [0.4, 0.5) is 4.79 Å². The Morgan fingerprint density at radius 3 is 2.21 bits per heavy atom. The molecule has 1 aliphatic rings. The van der Waals surface area contributed by atoms with E-state index < -0.39 is 0 Å². The maximum atomic E-state index is 12.7. The Kier molecular flexibility index (Phi) is 6.72. The molecular weight excluding hydrogens is 430 g/mol. The molecule has 1 unspecified atom stereocenters. The largest absolute Gasteiger partial charge is 0.496 e. The number of methoxy groups -OCH3 is 3. The van der Waals surface area contributed by atoms with Gasteiger partial charge in [-0.2, -0.15) is 5.10 Å². The van der Waals surface area contributed by atoms with E-state index in [4.69, 9.17) is 19.3 Å². The zero-order valence-electron chi connectivity index (χ0n) is 20.1. The van der Waals surface area contributed by atoms with E-state index in [9.17, 15) is 4.79 Å². The van der Waals surface area contributed by atoms with Crippen LogP contribution in [-0.2, 0) is 6.42 Å². The SMILES string of the molecule is CNC(=O)N1N=C(c2ccc(-c3ccccc3)cc2OC)c2cc(OC)c(OC)cc2CC1C. The summed E-state index contributed by atoms with van der Waals surface area (Å²) in [6, 6.07) is 19.5. The second kappa shape index (κ2) is 9.87. The number of benzene rings is 3. The number of hydrazone groups is 1. The first kappa shape index (κ1) is 23.2. The molecule has 0 radical (unpaired) electrons. The zero-order valence-corrected chi connectivity index (χ0v) is 20.1. The minimum atomic E-state index is -0.281. The van der Waals surface area contributed by atoms with Crippen molar-refractivity contribution in [3.63, 3.8) is 0 Å². The average Bonchev–Trinajstić information content (AvgIpc) is 3.02. The zero-order chi connectivity index (χ0) is 24.2. The summed E-state index contributed by atoms with van der Waals surface area (Å²) in [6.07, 6.45) is 0.598. The van der Waals surface area contributed by atoms with Crippen molar-refractivity contribution in [1.82, 2.24) is 10.3 Å². The first-order chi connectivity index (χ1) is 16.5. The van der Waals surface area contributed by atoms with Gasteiger partial charge in [-0.05, 0) is 54.3 Å². The number of nitrogens with zero attached hydrogens (tertiary/aromatic N) is 2. The number of carbonyl (C=O) groups excluding carboxylic acids is 1. The summed E-state index contributed by atoms with van der Waals surface area (Å²) in [5.41, 5.74) is 5.38. The minimum absolute atomic E-state index is 0.177. The van der Waals surface area contributed by atoms with Crippen molar-refractivity contribution in [2.24, 2.45) is 5.10 Å². The standard InChI is InChI=1S/C27H29N3O4/c1-17-13-20-15-24(33-4)25(34-5)16-22(20)26(29-30(17)27(31)28-2)21-12-11-19(14-23(21)32-3)18-9-7-6-8-10-18/h6-12,14-17H,13H2,1-5H3,(H,28,31). The fourth-order valence-electron chi connectivity index (χ4n) is 4.23. The molecule has 1 heterocycles. The molecule has 7 heteroatoms. The highest BCUT2D eigenvalue weighted by molar-refractivity contribution is 6.16. The van der Waals surface area contributed by atoms with Crippen LogP contribution in [0.2, 0.25) is 0 Å². The van der Waals surface area contributed by atoms with Crippen LogP contribution in [0.15, 0.2) is 65.8 Å². The Morgan fingerprint density at radius 1 is 0.882 bits per heavy atom. The fourth-order valence-corrected chi connectivity index (χ4v) is 4.23. The summed E-state index contributed by atoms with van der Waals surface area (Å²) in [6.45, 7) is 1.97. The Balaban J connectivity index is 1.94. The number of ether oxygens (including phenoxy) is 3. The van der Waals surface area contributed by atoms with Gasteiger partial charge in [0, 0.05) is 18.2 Å². The van der Waals surface area contributed by atoms with Crippen LogP contribution < -0.4 is 19.5 Å². The van der Waals surface area contributed by atoms with E-state index in [0.29, 0.717) is 29.4 Å². The van der Waals surface area contributed by atoms with Crippen molar-refractivity contribution >= 4 is 11.7 Å². The lowest BCUT2D eigenvalue weighted by atomic mass is 9.92. The van der Waals surface area contributed by atoms with Gasteiger partial charge in [-0.1, -0.05) is 36.4 Å². The molecule has 7 nitrogen and oxygen atoms in total. The van der Waals surface area contributed by atoms with Crippen LogP contribution in [0.25, 0.3) is 11.1 Å². The second-order valence-electron chi connectivity index (χ2n) is 8.05. The van der Waals surface area contributed by atoms with Crippen molar-refractivity contribution in [2.75, 3.05) is 28.4 Å². The highest BCUT2D eigenvalue weighted by Crippen LogP contribution is 2.37. The van der Waals surface area contributed by atoms with Crippen molar-refractivity contribution in [1.29, 1.82) is 0 Å². The van der Waals surface area contributed by atoms with E-state index in [0.717, 1.165) is 27.8 Å². The van der Waals surface area contributed by atoms with E-state index in [1.807, 2.05) is 55.5 Å². The maximum Gasteiger partial charge on any atom is 0.337 e. The number of rotatable bonds is 5. The van der Waals surface area contributed by atoms with Gasteiger partial charge in [-0.25, -0.2) is 9.80 Å². The fraction of sp³-hybridized carbons (Fsp3) is 0.259. The molecule has 0 bridgehead atoms. The molecule has 0 spiro atoms. The molecule has 1 aliphatic heterocycles. The molecular formula is C27H29N3O4. The monoisotopic (exact) mass is 459 g/mol. The highest BCUT2D eigenvalue weighted by Gasteiger charge is 2.29. The summed E-state index contributed by atoms with van der Waals surface area (Å²) in [7, 11) is 6.46. The van der Waals surface area contributed by atoms with Gasteiger partial charge in [0.1, 0.15) is 11.5 Å². The van der Waals surface area contributed by atoms with Gasteiger partial charge in [-0.15, -0.1) is 0 Å². The first-order valence-corrected chi connectivity index (χ1v) is 11.1. The Bertz CT molecular complexity index is 1220. The maximum absolute atomic E-state index is 12.7. The highest BCUT2D eigenvalue weighted by atomic mass is 16.5. The number of urea groups is 1. The Hall–Kier alpha value is -4.00. The molecule has 0 fully saturated rings. The average molecular weight is 460 g/mol. The van der Waals surface area contributed by atoms with Crippen molar-refractivity contribution < 1.29 is 19.0 Å². The molecule has 0 aromatic heterocycles. The van der Waals surface area contributed by atoms with Crippen LogP contribution in [0, 0.1) is 0 Å². The Morgan fingerprint density at radius 2 is 1.56 bits per heavy atom. The number of amides is 2. The molecule has 0 saturated carbocycles. The smallest absolute Gasteiger partial charge is 0.337 e. The van der Waals surface area contributed by atoms with Gasteiger partial charge < -0.3 is 19.5 Å². The molecule has 3 aromatic rings. The number of carbonyl (C=O) groups is 1. The third-order valence-electron chi connectivity index (χ3n) is 5.99. The Labute approximate surface area is 200 Å². The van der Waals surface area contributed by atoms with Crippen LogP contribution in [0.5, 0.6) is 17.2 Å². The van der Waals surface area contributed by atoms with Gasteiger partial charge in [0.2, 0.25) is 0 Å². The van der Waals surface area contributed by atoms with Gasteiger partial charge in [-0.3, -0.25) is 0 Å². The van der Waals surface area contributed by atoms with Crippen LogP contribution >= 0.6 is 0 Å². The third-order valence-corrected chi connectivity index (χ3v) is 5.99. The minimum Gasteiger partial charge on any atom is -0.496 e. The van der Waals surface area contributed by atoms with E-state index >= 15 is 0 Å². The molecule has 34 heavy (non-hydrogen) atoms. The molecule has 176 valence electrons. The van der Waals surface area contributed by atoms with E-state index in [2.05, 4.69) is 17.4 Å².